The fraction of sp³-hybridized carbons (Fsp3) is 0.556. The van der Waals surface area contributed by atoms with Crippen molar-refractivity contribution in [3.05, 3.63) is 18.2 Å². The largest absolute Gasteiger partial charge is 0.486 e. The molecule has 0 spiro atoms. The second-order valence-corrected chi connectivity index (χ2v) is 6.34. The number of anilines is 1. The first-order valence-electron chi connectivity index (χ1n) is 8.69. The molecule has 6 heteroatoms. The fourth-order valence-electron chi connectivity index (χ4n) is 3.17. The molecule has 2 N–H and O–H groups in total. The van der Waals surface area contributed by atoms with Crippen LogP contribution in [0.4, 0.5) is 5.69 Å². The first-order valence-corrected chi connectivity index (χ1v) is 8.69. The van der Waals surface area contributed by atoms with E-state index in [9.17, 15) is 9.59 Å². The van der Waals surface area contributed by atoms with Crippen LogP contribution in [0.15, 0.2) is 18.2 Å². The molecule has 0 bridgehead atoms. The molecular formula is C18H24N2O4. The molecule has 1 saturated carbocycles. The summed E-state index contributed by atoms with van der Waals surface area (Å²) < 4.78 is 10.9. The topological polar surface area (TPSA) is 76.7 Å². The van der Waals surface area contributed by atoms with Gasteiger partial charge in [-0.1, -0.05) is 25.7 Å². The van der Waals surface area contributed by atoms with Crippen LogP contribution in [-0.4, -0.2) is 31.1 Å². The van der Waals surface area contributed by atoms with Gasteiger partial charge in [-0.3, -0.25) is 9.59 Å². The van der Waals surface area contributed by atoms with Gasteiger partial charge in [0.05, 0.1) is 0 Å². The number of carbonyl (C=O) groups is 2. The van der Waals surface area contributed by atoms with Gasteiger partial charge in [-0.15, -0.1) is 0 Å². The Hall–Kier alpha value is -2.24. The van der Waals surface area contributed by atoms with E-state index < -0.39 is 0 Å². The van der Waals surface area contributed by atoms with Gasteiger partial charge in [0, 0.05) is 17.8 Å². The Labute approximate surface area is 141 Å². The lowest BCUT2D eigenvalue weighted by Gasteiger charge is -2.19. The zero-order chi connectivity index (χ0) is 16.8. The number of amides is 2. The molecule has 1 aliphatic carbocycles. The maximum absolute atomic E-state index is 12.1. The summed E-state index contributed by atoms with van der Waals surface area (Å²) in [5, 5.41) is 5.72. The van der Waals surface area contributed by atoms with E-state index in [1.807, 2.05) is 0 Å². The molecule has 1 aliphatic heterocycles. The molecule has 1 aromatic rings. The van der Waals surface area contributed by atoms with Gasteiger partial charge in [0.25, 0.3) is 0 Å². The minimum Gasteiger partial charge on any atom is -0.486 e. The Morgan fingerprint density at radius 2 is 1.67 bits per heavy atom. The van der Waals surface area contributed by atoms with Gasteiger partial charge in [0.1, 0.15) is 19.6 Å². The van der Waals surface area contributed by atoms with Crippen LogP contribution in [0, 0.1) is 0 Å². The van der Waals surface area contributed by atoms with Crippen LogP contribution in [-0.2, 0) is 9.59 Å². The van der Waals surface area contributed by atoms with Crippen LogP contribution in [0.2, 0.25) is 0 Å². The standard InChI is InChI=1S/C18H24N2O4/c21-17(19-13-5-3-1-2-4-6-13)12-18(22)20-14-7-8-15-16(11-14)24-10-9-23-15/h7-8,11,13H,1-6,9-10,12H2,(H,19,21)(H,20,22). The highest BCUT2D eigenvalue weighted by Crippen LogP contribution is 2.32. The first kappa shape index (κ1) is 16.6. The van der Waals surface area contributed by atoms with Crippen molar-refractivity contribution in [2.75, 3.05) is 18.5 Å². The van der Waals surface area contributed by atoms with Gasteiger partial charge >= 0.3 is 0 Å². The van der Waals surface area contributed by atoms with E-state index in [1.165, 1.54) is 12.8 Å². The van der Waals surface area contributed by atoms with Crippen molar-refractivity contribution in [2.45, 2.75) is 51.0 Å². The molecule has 0 unspecified atom stereocenters. The van der Waals surface area contributed by atoms with Gasteiger partial charge in [-0.2, -0.15) is 0 Å². The minimum atomic E-state index is -0.321. The van der Waals surface area contributed by atoms with E-state index in [-0.39, 0.29) is 24.3 Å². The van der Waals surface area contributed by atoms with Crippen LogP contribution in [0.25, 0.3) is 0 Å². The highest BCUT2D eigenvalue weighted by Gasteiger charge is 2.18. The number of benzene rings is 1. The molecule has 1 fully saturated rings. The number of fused-ring (bicyclic) bond motifs is 1. The summed E-state index contributed by atoms with van der Waals surface area (Å²) in [6.45, 7) is 1.02. The third kappa shape index (κ3) is 4.63. The van der Waals surface area contributed by atoms with Crippen molar-refractivity contribution in [2.24, 2.45) is 0 Å². The Kier molecular flexibility index (Phi) is 5.56. The number of hydrogen-bond acceptors (Lipinski definition) is 4. The summed E-state index contributed by atoms with van der Waals surface area (Å²) in [5.74, 6) is 0.752. The van der Waals surface area contributed by atoms with Crippen molar-refractivity contribution in [3.63, 3.8) is 0 Å². The smallest absolute Gasteiger partial charge is 0.233 e. The maximum atomic E-state index is 12.1. The van der Waals surface area contributed by atoms with E-state index in [0.717, 1.165) is 25.7 Å². The molecule has 0 aromatic heterocycles. The molecule has 0 saturated heterocycles. The van der Waals surface area contributed by atoms with Crippen molar-refractivity contribution in [1.82, 2.24) is 5.32 Å². The van der Waals surface area contributed by atoms with E-state index >= 15 is 0 Å². The number of hydrogen-bond donors (Lipinski definition) is 2. The Bertz CT molecular complexity index is 595. The van der Waals surface area contributed by atoms with Crippen molar-refractivity contribution < 1.29 is 19.1 Å². The quantitative estimate of drug-likeness (QED) is 0.656. The predicted octanol–water partition coefficient (Wildman–Crippen LogP) is 2.63. The number of carbonyl (C=O) groups excluding carboxylic acids is 2. The summed E-state index contributed by atoms with van der Waals surface area (Å²) in [6, 6.07) is 5.43. The third-order valence-electron chi connectivity index (χ3n) is 4.37. The summed E-state index contributed by atoms with van der Waals surface area (Å²) >= 11 is 0. The lowest BCUT2D eigenvalue weighted by molar-refractivity contribution is -0.127. The van der Waals surface area contributed by atoms with E-state index in [1.54, 1.807) is 18.2 Å². The zero-order valence-electron chi connectivity index (χ0n) is 13.8. The molecule has 0 atom stereocenters. The van der Waals surface area contributed by atoms with Crippen molar-refractivity contribution in [3.8, 4) is 11.5 Å². The Morgan fingerprint density at radius 3 is 2.42 bits per heavy atom. The van der Waals surface area contributed by atoms with Crippen LogP contribution in [0.3, 0.4) is 0 Å². The molecule has 6 nitrogen and oxygen atoms in total. The molecule has 1 heterocycles. The lowest BCUT2D eigenvalue weighted by atomic mass is 10.1. The van der Waals surface area contributed by atoms with Gasteiger partial charge in [-0.05, 0) is 25.0 Å². The van der Waals surface area contributed by atoms with Crippen LogP contribution in [0.5, 0.6) is 11.5 Å². The SMILES string of the molecule is O=C(CC(=O)NC1CCCCCC1)Nc1ccc2c(c1)OCCO2. The van der Waals surface area contributed by atoms with Crippen LogP contribution in [0.1, 0.15) is 44.9 Å². The molecule has 2 amide bonds. The van der Waals surface area contributed by atoms with E-state index in [4.69, 9.17) is 9.47 Å². The van der Waals surface area contributed by atoms with Gasteiger partial charge < -0.3 is 20.1 Å². The molecule has 130 valence electrons. The van der Waals surface area contributed by atoms with Crippen molar-refractivity contribution in [1.29, 1.82) is 0 Å². The summed E-state index contributed by atoms with van der Waals surface area (Å²) in [7, 11) is 0. The fourth-order valence-corrected chi connectivity index (χ4v) is 3.17. The Morgan fingerprint density at radius 1 is 0.958 bits per heavy atom. The molecule has 24 heavy (non-hydrogen) atoms. The number of nitrogens with one attached hydrogen (secondary N) is 2. The van der Waals surface area contributed by atoms with E-state index in [0.29, 0.717) is 30.4 Å². The molecule has 1 aromatic carbocycles. The minimum absolute atomic E-state index is 0.162. The molecule has 2 aliphatic rings. The molecule has 3 rings (SSSR count). The molecular weight excluding hydrogens is 308 g/mol. The van der Waals surface area contributed by atoms with E-state index in [2.05, 4.69) is 10.6 Å². The normalized spacial score (nSPS) is 17.7. The summed E-state index contributed by atoms with van der Waals surface area (Å²) in [6.07, 6.45) is 6.62. The summed E-state index contributed by atoms with van der Waals surface area (Å²) in [5.41, 5.74) is 0.603. The summed E-state index contributed by atoms with van der Waals surface area (Å²) in [4.78, 5) is 24.1. The highest BCUT2D eigenvalue weighted by molar-refractivity contribution is 6.03. The third-order valence-corrected chi connectivity index (χ3v) is 4.37. The second kappa shape index (κ2) is 8.04. The monoisotopic (exact) mass is 332 g/mol. The average Bonchev–Trinajstić information content (AvgIpc) is 2.83. The number of rotatable bonds is 4. The van der Waals surface area contributed by atoms with Gasteiger partial charge in [0.15, 0.2) is 11.5 Å². The second-order valence-electron chi connectivity index (χ2n) is 6.34. The highest BCUT2D eigenvalue weighted by atomic mass is 16.6. The van der Waals surface area contributed by atoms with Gasteiger partial charge in [-0.25, -0.2) is 0 Å². The maximum Gasteiger partial charge on any atom is 0.233 e. The van der Waals surface area contributed by atoms with Crippen LogP contribution < -0.4 is 20.1 Å². The van der Waals surface area contributed by atoms with Crippen LogP contribution >= 0.6 is 0 Å². The zero-order valence-corrected chi connectivity index (χ0v) is 13.8. The predicted molar refractivity (Wildman–Crippen MR) is 90.3 cm³/mol. The molecule has 0 radical (unpaired) electrons. The Balaban J connectivity index is 1.48. The number of ether oxygens (including phenoxy) is 2. The van der Waals surface area contributed by atoms with Crippen molar-refractivity contribution >= 4 is 17.5 Å². The van der Waals surface area contributed by atoms with Gasteiger partial charge in [0.2, 0.25) is 11.8 Å². The lowest BCUT2D eigenvalue weighted by Crippen LogP contribution is -2.36. The first-order chi connectivity index (χ1) is 11.7. The average molecular weight is 332 g/mol.